The van der Waals surface area contributed by atoms with E-state index < -0.39 is 0 Å². The predicted octanol–water partition coefficient (Wildman–Crippen LogP) is 4.06. The maximum atomic E-state index is 12.1. The molecule has 1 aliphatic rings. The van der Waals surface area contributed by atoms with Crippen LogP contribution < -0.4 is 10.1 Å². The summed E-state index contributed by atoms with van der Waals surface area (Å²) in [6.07, 6.45) is 2.16. The van der Waals surface area contributed by atoms with Crippen molar-refractivity contribution < 1.29 is 18.7 Å². The smallest absolute Gasteiger partial charge is 0.287 e. The number of amides is 1. The molecule has 2 heterocycles. The zero-order valence-corrected chi connectivity index (χ0v) is 15.7. The number of furan rings is 1. The van der Waals surface area contributed by atoms with Gasteiger partial charge in [0.05, 0.1) is 6.10 Å². The van der Waals surface area contributed by atoms with Gasteiger partial charge in [0.1, 0.15) is 18.1 Å². The van der Waals surface area contributed by atoms with Gasteiger partial charge in [-0.2, -0.15) is 0 Å². The Hall–Kier alpha value is -2.27. The summed E-state index contributed by atoms with van der Waals surface area (Å²) in [6, 6.07) is 11.5. The molecule has 3 rings (SSSR count). The van der Waals surface area contributed by atoms with Crippen LogP contribution in [0, 0.1) is 0 Å². The molecule has 140 valence electrons. The minimum absolute atomic E-state index is 0.116. The fourth-order valence-electron chi connectivity index (χ4n) is 2.88. The van der Waals surface area contributed by atoms with E-state index in [0.29, 0.717) is 18.1 Å². The minimum Gasteiger partial charge on any atom is -0.486 e. The summed E-state index contributed by atoms with van der Waals surface area (Å²) in [5.41, 5.74) is 1.37. The van der Waals surface area contributed by atoms with E-state index in [1.54, 1.807) is 12.1 Å². The number of rotatable bonds is 6. The van der Waals surface area contributed by atoms with Crippen LogP contribution in [0.1, 0.15) is 55.5 Å². The zero-order chi connectivity index (χ0) is 18.6. The Balaban J connectivity index is 1.49. The van der Waals surface area contributed by atoms with Crippen molar-refractivity contribution in [2.45, 2.75) is 51.7 Å². The van der Waals surface area contributed by atoms with E-state index in [-0.39, 0.29) is 24.0 Å². The van der Waals surface area contributed by atoms with Crippen LogP contribution in [0.5, 0.6) is 5.75 Å². The Morgan fingerprint density at radius 3 is 2.62 bits per heavy atom. The zero-order valence-electron chi connectivity index (χ0n) is 15.7. The average molecular weight is 357 g/mol. The van der Waals surface area contributed by atoms with Crippen LogP contribution in [0.25, 0.3) is 0 Å². The van der Waals surface area contributed by atoms with Crippen LogP contribution in [0.3, 0.4) is 0 Å². The van der Waals surface area contributed by atoms with Crippen molar-refractivity contribution in [1.29, 1.82) is 0 Å². The molecule has 1 fully saturated rings. The highest BCUT2D eigenvalue weighted by Crippen LogP contribution is 2.24. The first kappa shape index (κ1) is 18.5. The van der Waals surface area contributed by atoms with Gasteiger partial charge in [0, 0.05) is 13.2 Å². The van der Waals surface area contributed by atoms with E-state index in [2.05, 4.69) is 38.2 Å². The van der Waals surface area contributed by atoms with Crippen molar-refractivity contribution in [1.82, 2.24) is 5.32 Å². The lowest BCUT2D eigenvalue weighted by molar-refractivity contribution is 0.0832. The molecular formula is C21H27NO4. The lowest BCUT2D eigenvalue weighted by atomic mass is 9.87. The first-order valence-electron chi connectivity index (χ1n) is 9.14. The molecule has 2 aromatic rings. The number of hydrogen-bond acceptors (Lipinski definition) is 4. The number of nitrogens with one attached hydrogen (secondary N) is 1. The molecule has 0 aliphatic carbocycles. The van der Waals surface area contributed by atoms with Gasteiger partial charge in [-0.15, -0.1) is 0 Å². The summed E-state index contributed by atoms with van der Waals surface area (Å²) < 4.78 is 16.8. The van der Waals surface area contributed by atoms with Gasteiger partial charge in [0.15, 0.2) is 5.76 Å². The van der Waals surface area contributed by atoms with Crippen LogP contribution >= 0.6 is 0 Å². The third-order valence-corrected chi connectivity index (χ3v) is 4.50. The second-order valence-electron chi connectivity index (χ2n) is 7.67. The largest absolute Gasteiger partial charge is 0.486 e. The standard InChI is InChI=1S/C21H27NO4/c1-21(2,3)15-6-8-16(9-7-15)25-14-18-10-11-19(26-18)20(23)22-13-17-5-4-12-24-17/h6-11,17H,4-5,12-14H2,1-3H3,(H,22,23). The van der Waals surface area contributed by atoms with Crippen molar-refractivity contribution in [3.8, 4) is 5.75 Å². The molecule has 5 heteroatoms. The molecule has 5 nitrogen and oxygen atoms in total. The van der Waals surface area contributed by atoms with E-state index in [1.807, 2.05) is 12.1 Å². The van der Waals surface area contributed by atoms with Crippen LogP contribution in [0.2, 0.25) is 0 Å². The molecule has 0 spiro atoms. The minimum atomic E-state index is -0.221. The quantitative estimate of drug-likeness (QED) is 0.847. The van der Waals surface area contributed by atoms with Crippen molar-refractivity contribution >= 4 is 5.91 Å². The summed E-state index contributed by atoms with van der Waals surface area (Å²) in [5.74, 6) is 1.47. The molecular weight excluding hydrogens is 330 g/mol. The number of benzene rings is 1. The maximum Gasteiger partial charge on any atom is 0.287 e. The van der Waals surface area contributed by atoms with Gasteiger partial charge in [-0.1, -0.05) is 32.9 Å². The highest BCUT2D eigenvalue weighted by atomic mass is 16.5. The third kappa shape index (κ3) is 4.88. The Morgan fingerprint density at radius 1 is 1.19 bits per heavy atom. The van der Waals surface area contributed by atoms with Gasteiger partial charge >= 0.3 is 0 Å². The Kier molecular flexibility index (Phi) is 5.67. The maximum absolute atomic E-state index is 12.1. The highest BCUT2D eigenvalue weighted by molar-refractivity contribution is 5.91. The topological polar surface area (TPSA) is 60.7 Å². The molecule has 0 saturated carbocycles. The Labute approximate surface area is 154 Å². The van der Waals surface area contributed by atoms with Gasteiger partial charge in [-0.25, -0.2) is 0 Å². The van der Waals surface area contributed by atoms with E-state index in [1.165, 1.54) is 5.56 Å². The molecule has 1 atom stereocenters. The molecule has 1 aliphatic heterocycles. The number of carbonyl (C=O) groups is 1. The molecule has 1 aromatic heterocycles. The van der Waals surface area contributed by atoms with Gasteiger partial charge in [0.2, 0.25) is 0 Å². The van der Waals surface area contributed by atoms with Crippen molar-refractivity contribution in [3.63, 3.8) is 0 Å². The second kappa shape index (κ2) is 7.96. The van der Waals surface area contributed by atoms with Crippen molar-refractivity contribution in [2.75, 3.05) is 13.2 Å². The summed E-state index contributed by atoms with van der Waals surface area (Å²) in [7, 11) is 0. The molecule has 1 unspecified atom stereocenters. The van der Waals surface area contributed by atoms with E-state index in [0.717, 1.165) is 25.2 Å². The second-order valence-corrected chi connectivity index (χ2v) is 7.67. The first-order valence-corrected chi connectivity index (χ1v) is 9.14. The van der Waals surface area contributed by atoms with Gasteiger partial charge < -0.3 is 19.2 Å². The number of hydrogen-bond donors (Lipinski definition) is 1. The van der Waals surface area contributed by atoms with E-state index >= 15 is 0 Å². The molecule has 1 saturated heterocycles. The van der Waals surface area contributed by atoms with Gasteiger partial charge in [0.25, 0.3) is 5.91 Å². The van der Waals surface area contributed by atoms with Crippen molar-refractivity contribution in [3.05, 3.63) is 53.5 Å². The molecule has 0 radical (unpaired) electrons. The summed E-state index contributed by atoms with van der Waals surface area (Å²) in [5, 5.41) is 2.85. The number of ether oxygens (including phenoxy) is 2. The summed E-state index contributed by atoms with van der Waals surface area (Å²) >= 11 is 0. The van der Waals surface area contributed by atoms with Crippen LogP contribution in [0.4, 0.5) is 0 Å². The van der Waals surface area contributed by atoms with Crippen molar-refractivity contribution in [2.24, 2.45) is 0 Å². The molecule has 1 N–H and O–H groups in total. The third-order valence-electron chi connectivity index (χ3n) is 4.50. The van der Waals surface area contributed by atoms with Crippen LogP contribution in [0.15, 0.2) is 40.8 Å². The van der Waals surface area contributed by atoms with E-state index in [4.69, 9.17) is 13.9 Å². The normalized spacial score (nSPS) is 17.3. The monoisotopic (exact) mass is 357 g/mol. The summed E-state index contributed by atoms with van der Waals surface area (Å²) in [4.78, 5) is 12.1. The van der Waals surface area contributed by atoms with E-state index in [9.17, 15) is 4.79 Å². The Morgan fingerprint density at radius 2 is 1.96 bits per heavy atom. The number of carbonyl (C=O) groups excluding carboxylic acids is 1. The van der Waals surface area contributed by atoms with Crippen LogP contribution in [-0.2, 0) is 16.8 Å². The lowest BCUT2D eigenvalue weighted by Crippen LogP contribution is -2.31. The molecule has 0 bridgehead atoms. The highest BCUT2D eigenvalue weighted by Gasteiger charge is 2.18. The molecule has 1 aromatic carbocycles. The summed E-state index contributed by atoms with van der Waals surface area (Å²) in [6.45, 7) is 8.12. The van der Waals surface area contributed by atoms with Crippen LogP contribution in [-0.4, -0.2) is 25.2 Å². The Bertz CT molecular complexity index is 721. The first-order chi connectivity index (χ1) is 12.4. The molecule has 1 amide bonds. The van der Waals surface area contributed by atoms with Gasteiger partial charge in [-0.3, -0.25) is 4.79 Å². The molecule has 26 heavy (non-hydrogen) atoms. The fourth-order valence-corrected chi connectivity index (χ4v) is 2.88. The average Bonchev–Trinajstić information content (AvgIpc) is 3.29. The lowest BCUT2D eigenvalue weighted by Gasteiger charge is -2.19. The fraction of sp³-hybridized carbons (Fsp3) is 0.476. The van der Waals surface area contributed by atoms with Gasteiger partial charge in [-0.05, 0) is 48.1 Å². The predicted molar refractivity (Wildman–Crippen MR) is 99.5 cm³/mol. The SMILES string of the molecule is CC(C)(C)c1ccc(OCc2ccc(C(=O)NCC3CCCO3)o2)cc1.